The highest BCUT2D eigenvalue weighted by Gasteiger charge is 2.13. The van der Waals surface area contributed by atoms with E-state index in [-0.39, 0.29) is 17.6 Å². The number of hydrogen-bond acceptors (Lipinski definition) is 5. The third-order valence-electron chi connectivity index (χ3n) is 3.09. The summed E-state index contributed by atoms with van der Waals surface area (Å²) in [7, 11) is 0. The first kappa shape index (κ1) is 14.0. The summed E-state index contributed by atoms with van der Waals surface area (Å²) in [6.07, 6.45) is 3.11. The van der Waals surface area contributed by atoms with Crippen LogP contribution in [0, 0.1) is 13.8 Å². The SMILES string of the molecule is Cc1cc(C)n(Cc2ccc(C(=O)Nc3ncccn3)o2)n1. The van der Waals surface area contributed by atoms with Gasteiger partial charge in [-0.15, -0.1) is 0 Å². The molecule has 112 valence electrons. The quantitative estimate of drug-likeness (QED) is 0.797. The maximum absolute atomic E-state index is 12.0. The van der Waals surface area contributed by atoms with Crippen LogP contribution in [0.25, 0.3) is 0 Å². The van der Waals surface area contributed by atoms with Crippen LogP contribution in [0.4, 0.5) is 5.95 Å². The number of carbonyl (C=O) groups excluding carboxylic acids is 1. The van der Waals surface area contributed by atoms with E-state index in [1.165, 1.54) is 0 Å². The van der Waals surface area contributed by atoms with Gasteiger partial charge in [-0.2, -0.15) is 5.10 Å². The van der Waals surface area contributed by atoms with E-state index in [1.807, 2.05) is 24.6 Å². The Labute approximate surface area is 127 Å². The van der Waals surface area contributed by atoms with Crippen molar-refractivity contribution in [2.45, 2.75) is 20.4 Å². The monoisotopic (exact) mass is 297 g/mol. The van der Waals surface area contributed by atoms with Gasteiger partial charge in [0.15, 0.2) is 5.76 Å². The molecule has 0 aliphatic carbocycles. The smallest absolute Gasteiger partial charge is 0.293 e. The van der Waals surface area contributed by atoms with E-state index < -0.39 is 0 Å². The number of nitrogens with one attached hydrogen (secondary N) is 1. The average Bonchev–Trinajstić information content (AvgIpc) is 3.07. The number of anilines is 1. The number of carbonyl (C=O) groups is 1. The summed E-state index contributed by atoms with van der Waals surface area (Å²) < 4.78 is 7.39. The predicted molar refractivity (Wildman–Crippen MR) is 79.5 cm³/mol. The van der Waals surface area contributed by atoms with Gasteiger partial charge in [0, 0.05) is 18.1 Å². The molecule has 0 saturated heterocycles. The number of aromatic nitrogens is 4. The van der Waals surface area contributed by atoms with Gasteiger partial charge in [-0.1, -0.05) is 0 Å². The van der Waals surface area contributed by atoms with Crippen molar-refractivity contribution in [3.05, 3.63) is 59.6 Å². The Morgan fingerprint density at radius 1 is 1.27 bits per heavy atom. The molecule has 0 spiro atoms. The lowest BCUT2D eigenvalue weighted by molar-refractivity contribution is 0.0994. The molecule has 0 saturated carbocycles. The van der Waals surface area contributed by atoms with Gasteiger partial charge in [0.05, 0.1) is 12.2 Å². The molecule has 1 N–H and O–H groups in total. The molecule has 7 heteroatoms. The van der Waals surface area contributed by atoms with Crippen molar-refractivity contribution in [1.82, 2.24) is 19.7 Å². The predicted octanol–water partition coefficient (Wildman–Crippen LogP) is 2.18. The van der Waals surface area contributed by atoms with Gasteiger partial charge in [0.25, 0.3) is 5.91 Å². The van der Waals surface area contributed by atoms with Crippen molar-refractivity contribution in [3.8, 4) is 0 Å². The molecule has 0 aromatic carbocycles. The van der Waals surface area contributed by atoms with Crippen molar-refractivity contribution in [2.24, 2.45) is 0 Å². The van der Waals surface area contributed by atoms with Gasteiger partial charge < -0.3 is 4.42 Å². The van der Waals surface area contributed by atoms with E-state index in [9.17, 15) is 4.79 Å². The van der Waals surface area contributed by atoms with Crippen LogP contribution in [-0.2, 0) is 6.54 Å². The maximum Gasteiger partial charge on any atom is 0.293 e. The van der Waals surface area contributed by atoms with Crippen LogP contribution in [0.2, 0.25) is 0 Å². The zero-order chi connectivity index (χ0) is 15.5. The first-order chi connectivity index (χ1) is 10.6. The van der Waals surface area contributed by atoms with Gasteiger partial charge in [-0.3, -0.25) is 14.8 Å². The molecule has 0 aliphatic heterocycles. The summed E-state index contributed by atoms with van der Waals surface area (Å²) in [4.78, 5) is 19.9. The standard InChI is InChI=1S/C15H15N5O2/c1-10-8-11(2)20(19-10)9-12-4-5-13(22-12)14(21)18-15-16-6-3-7-17-15/h3-8H,9H2,1-2H3,(H,16,17,18,21). The Hall–Kier alpha value is -2.96. The Morgan fingerprint density at radius 2 is 2.05 bits per heavy atom. The third-order valence-corrected chi connectivity index (χ3v) is 3.09. The summed E-state index contributed by atoms with van der Waals surface area (Å²) >= 11 is 0. The molecule has 0 atom stereocenters. The van der Waals surface area contributed by atoms with Gasteiger partial charge in [-0.25, -0.2) is 9.97 Å². The molecule has 3 heterocycles. The van der Waals surface area contributed by atoms with Crippen molar-refractivity contribution in [1.29, 1.82) is 0 Å². The zero-order valence-corrected chi connectivity index (χ0v) is 12.3. The van der Waals surface area contributed by atoms with E-state index in [2.05, 4.69) is 20.4 Å². The Kier molecular flexibility index (Phi) is 3.69. The van der Waals surface area contributed by atoms with Crippen LogP contribution >= 0.6 is 0 Å². The van der Waals surface area contributed by atoms with Gasteiger partial charge >= 0.3 is 0 Å². The van der Waals surface area contributed by atoms with Crippen LogP contribution in [0.1, 0.15) is 27.7 Å². The lowest BCUT2D eigenvalue weighted by Gasteiger charge is -2.02. The minimum absolute atomic E-state index is 0.212. The number of rotatable bonds is 4. The van der Waals surface area contributed by atoms with Crippen LogP contribution < -0.4 is 5.32 Å². The molecule has 0 aliphatic rings. The highest BCUT2D eigenvalue weighted by atomic mass is 16.4. The van der Waals surface area contributed by atoms with Crippen molar-refractivity contribution < 1.29 is 9.21 Å². The van der Waals surface area contributed by atoms with Crippen LogP contribution in [0.3, 0.4) is 0 Å². The van der Waals surface area contributed by atoms with Crippen molar-refractivity contribution in [3.63, 3.8) is 0 Å². The molecule has 3 rings (SSSR count). The normalized spacial score (nSPS) is 10.6. The van der Waals surface area contributed by atoms with Crippen molar-refractivity contribution >= 4 is 11.9 Å². The fourth-order valence-corrected chi connectivity index (χ4v) is 2.09. The largest absolute Gasteiger partial charge is 0.454 e. The molecular weight excluding hydrogens is 282 g/mol. The molecule has 7 nitrogen and oxygen atoms in total. The van der Waals surface area contributed by atoms with E-state index >= 15 is 0 Å². The minimum Gasteiger partial charge on any atom is -0.454 e. The number of hydrogen-bond donors (Lipinski definition) is 1. The fourth-order valence-electron chi connectivity index (χ4n) is 2.09. The first-order valence-electron chi connectivity index (χ1n) is 6.80. The molecule has 3 aromatic rings. The summed E-state index contributed by atoms with van der Waals surface area (Å²) in [5.41, 5.74) is 1.99. The Balaban J connectivity index is 1.71. The Bertz CT molecular complexity index is 791. The van der Waals surface area contributed by atoms with Crippen LogP contribution in [0.5, 0.6) is 0 Å². The number of aryl methyl sites for hydroxylation is 2. The number of nitrogens with zero attached hydrogens (tertiary/aromatic N) is 4. The van der Waals surface area contributed by atoms with Gasteiger partial charge in [0.1, 0.15) is 5.76 Å². The molecule has 22 heavy (non-hydrogen) atoms. The topological polar surface area (TPSA) is 85.8 Å². The van der Waals surface area contributed by atoms with E-state index in [1.54, 1.807) is 30.6 Å². The zero-order valence-electron chi connectivity index (χ0n) is 12.3. The summed E-state index contributed by atoms with van der Waals surface area (Å²) in [5, 5.41) is 6.94. The maximum atomic E-state index is 12.0. The van der Waals surface area contributed by atoms with Crippen molar-refractivity contribution in [2.75, 3.05) is 5.32 Å². The van der Waals surface area contributed by atoms with Crippen LogP contribution in [0.15, 0.2) is 41.1 Å². The lowest BCUT2D eigenvalue weighted by atomic mass is 10.4. The summed E-state index contributed by atoms with van der Waals surface area (Å²) in [5.74, 6) is 0.726. The molecule has 0 bridgehead atoms. The lowest BCUT2D eigenvalue weighted by Crippen LogP contribution is -2.13. The molecule has 0 unspecified atom stereocenters. The van der Waals surface area contributed by atoms with Crippen LogP contribution in [-0.4, -0.2) is 25.7 Å². The molecule has 1 amide bonds. The van der Waals surface area contributed by atoms with E-state index in [4.69, 9.17) is 4.42 Å². The first-order valence-corrected chi connectivity index (χ1v) is 6.80. The highest BCUT2D eigenvalue weighted by molar-refractivity contribution is 6.01. The highest BCUT2D eigenvalue weighted by Crippen LogP contribution is 2.12. The second-order valence-electron chi connectivity index (χ2n) is 4.88. The molecule has 3 aromatic heterocycles. The number of furan rings is 1. The molecule has 0 fully saturated rings. The fraction of sp³-hybridized carbons (Fsp3) is 0.200. The Morgan fingerprint density at radius 3 is 2.73 bits per heavy atom. The van der Waals surface area contributed by atoms with Gasteiger partial charge in [0.2, 0.25) is 5.95 Å². The average molecular weight is 297 g/mol. The minimum atomic E-state index is -0.384. The number of amides is 1. The third kappa shape index (κ3) is 3.03. The summed E-state index contributed by atoms with van der Waals surface area (Å²) in [6, 6.07) is 7.05. The summed E-state index contributed by atoms with van der Waals surface area (Å²) in [6.45, 7) is 4.39. The second kappa shape index (κ2) is 5.80. The van der Waals surface area contributed by atoms with E-state index in [0.717, 1.165) is 11.4 Å². The van der Waals surface area contributed by atoms with Gasteiger partial charge in [-0.05, 0) is 38.1 Å². The second-order valence-corrected chi connectivity index (χ2v) is 4.88. The molecular formula is C15H15N5O2. The van der Waals surface area contributed by atoms with E-state index in [0.29, 0.717) is 12.3 Å². The molecule has 0 radical (unpaired) electrons.